The molecule has 0 aliphatic carbocycles. The minimum absolute atomic E-state index is 0.941. The van der Waals surface area contributed by atoms with Crippen LogP contribution in [0.2, 0.25) is 0 Å². The highest BCUT2D eigenvalue weighted by Crippen LogP contribution is 2.28. The average molecular weight is 366 g/mol. The Kier molecular flexibility index (Phi) is 3.22. The number of aromatic nitrogens is 1. The summed E-state index contributed by atoms with van der Waals surface area (Å²) in [6.45, 7) is 2.09. The van der Waals surface area contributed by atoms with Crippen molar-refractivity contribution in [1.82, 2.24) is 4.98 Å². The van der Waals surface area contributed by atoms with Gasteiger partial charge in [-0.3, -0.25) is 0 Å². The molecule has 0 amide bonds. The van der Waals surface area contributed by atoms with Gasteiger partial charge in [-0.25, -0.2) is 4.98 Å². The molecule has 0 unspecified atom stereocenters. The lowest BCUT2D eigenvalue weighted by Crippen LogP contribution is -1.88. The van der Waals surface area contributed by atoms with Crippen LogP contribution in [-0.4, -0.2) is 4.98 Å². The van der Waals surface area contributed by atoms with Gasteiger partial charge in [-0.15, -0.1) is 0 Å². The molecule has 18 heavy (non-hydrogen) atoms. The maximum Gasteiger partial charge on any atom is 0.188 e. The summed E-state index contributed by atoms with van der Waals surface area (Å²) < 4.78 is 2.45. The molecule has 1 aromatic heterocycles. The standard InChI is InChI=1S/C14H11IN2S/c1-9-2-7-13-12(8-9)17-14(18-13)16-11-5-3-10(15)4-6-11/h2-8H,1H3,(H,16,17). The molecule has 90 valence electrons. The quantitative estimate of drug-likeness (QED) is 0.649. The molecule has 3 aromatic rings. The van der Waals surface area contributed by atoms with Crippen molar-refractivity contribution in [2.75, 3.05) is 5.32 Å². The summed E-state index contributed by atoms with van der Waals surface area (Å²) in [4.78, 5) is 4.60. The van der Waals surface area contributed by atoms with Crippen LogP contribution in [0.25, 0.3) is 10.2 Å². The Balaban J connectivity index is 1.92. The van der Waals surface area contributed by atoms with E-state index in [9.17, 15) is 0 Å². The Bertz CT molecular complexity index is 689. The second-order valence-corrected chi connectivity index (χ2v) is 6.40. The first-order valence-electron chi connectivity index (χ1n) is 5.60. The van der Waals surface area contributed by atoms with E-state index in [1.54, 1.807) is 11.3 Å². The second-order valence-electron chi connectivity index (χ2n) is 4.12. The number of thiazole rings is 1. The number of benzene rings is 2. The van der Waals surface area contributed by atoms with Gasteiger partial charge in [-0.1, -0.05) is 17.4 Å². The summed E-state index contributed by atoms with van der Waals surface area (Å²) in [5.74, 6) is 0. The maximum atomic E-state index is 4.60. The van der Waals surface area contributed by atoms with Crippen molar-refractivity contribution in [3.05, 3.63) is 51.6 Å². The third-order valence-electron chi connectivity index (χ3n) is 2.64. The molecule has 4 heteroatoms. The zero-order valence-corrected chi connectivity index (χ0v) is 12.7. The highest BCUT2D eigenvalue weighted by Gasteiger charge is 2.03. The monoisotopic (exact) mass is 366 g/mol. The lowest BCUT2D eigenvalue weighted by atomic mass is 10.2. The fourth-order valence-corrected chi connectivity index (χ4v) is 2.97. The van der Waals surface area contributed by atoms with E-state index in [0.29, 0.717) is 0 Å². The number of nitrogens with zero attached hydrogens (tertiary/aromatic N) is 1. The molecule has 0 radical (unpaired) electrons. The van der Waals surface area contributed by atoms with Crippen LogP contribution in [0.4, 0.5) is 10.8 Å². The van der Waals surface area contributed by atoms with Gasteiger partial charge >= 0.3 is 0 Å². The van der Waals surface area contributed by atoms with Gasteiger partial charge < -0.3 is 5.32 Å². The van der Waals surface area contributed by atoms with Crippen LogP contribution in [0.3, 0.4) is 0 Å². The van der Waals surface area contributed by atoms with E-state index in [1.165, 1.54) is 13.8 Å². The van der Waals surface area contributed by atoms with Crippen LogP contribution >= 0.6 is 33.9 Å². The SMILES string of the molecule is Cc1ccc2sc(Nc3ccc(I)cc3)nc2c1. The first-order valence-corrected chi connectivity index (χ1v) is 7.50. The van der Waals surface area contributed by atoms with Gasteiger partial charge in [0, 0.05) is 9.26 Å². The molecule has 0 atom stereocenters. The van der Waals surface area contributed by atoms with E-state index >= 15 is 0 Å². The van der Waals surface area contributed by atoms with Gasteiger partial charge in [0.2, 0.25) is 0 Å². The molecular weight excluding hydrogens is 355 g/mol. The summed E-state index contributed by atoms with van der Waals surface area (Å²) in [7, 11) is 0. The summed E-state index contributed by atoms with van der Waals surface area (Å²) in [5, 5.41) is 4.29. The Hall–Kier alpha value is -1.14. The number of halogens is 1. The highest BCUT2D eigenvalue weighted by molar-refractivity contribution is 14.1. The molecule has 0 bridgehead atoms. The van der Waals surface area contributed by atoms with E-state index in [-0.39, 0.29) is 0 Å². The van der Waals surface area contributed by atoms with Gasteiger partial charge in [0.25, 0.3) is 0 Å². The number of hydrogen-bond acceptors (Lipinski definition) is 3. The second kappa shape index (κ2) is 4.85. The Morgan fingerprint density at radius 3 is 2.67 bits per heavy atom. The van der Waals surface area contributed by atoms with Gasteiger partial charge in [-0.05, 0) is 71.5 Å². The number of rotatable bonds is 2. The molecule has 2 nitrogen and oxygen atoms in total. The fourth-order valence-electron chi connectivity index (χ4n) is 1.75. The Morgan fingerprint density at radius 1 is 1.11 bits per heavy atom. The number of anilines is 2. The molecule has 0 saturated carbocycles. The van der Waals surface area contributed by atoms with Crippen molar-refractivity contribution in [1.29, 1.82) is 0 Å². The molecule has 2 aromatic carbocycles. The molecule has 1 heterocycles. The zero-order valence-electron chi connectivity index (χ0n) is 9.77. The van der Waals surface area contributed by atoms with Crippen LogP contribution in [-0.2, 0) is 0 Å². The molecule has 0 fully saturated rings. The molecular formula is C14H11IN2S. The van der Waals surface area contributed by atoms with Crippen molar-refractivity contribution >= 4 is 55.0 Å². The molecule has 3 rings (SSSR count). The highest BCUT2D eigenvalue weighted by atomic mass is 127. The molecule has 0 aliphatic rings. The number of aryl methyl sites for hydroxylation is 1. The van der Waals surface area contributed by atoms with Gasteiger partial charge in [-0.2, -0.15) is 0 Å². The normalized spacial score (nSPS) is 10.8. The van der Waals surface area contributed by atoms with Gasteiger partial charge in [0.05, 0.1) is 10.2 Å². The van der Waals surface area contributed by atoms with Crippen LogP contribution in [0.1, 0.15) is 5.56 Å². The van der Waals surface area contributed by atoms with E-state index in [1.807, 2.05) is 0 Å². The smallest absolute Gasteiger partial charge is 0.188 e. The van der Waals surface area contributed by atoms with E-state index < -0.39 is 0 Å². The van der Waals surface area contributed by atoms with Crippen molar-refractivity contribution in [2.45, 2.75) is 6.92 Å². The van der Waals surface area contributed by atoms with Crippen LogP contribution < -0.4 is 5.32 Å². The predicted octanol–water partition coefficient (Wildman–Crippen LogP) is 4.95. The van der Waals surface area contributed by atoms with E-state index in [2.05, 4.69) is 82.3 Å². The molecule has 0 saturated heterocycles. The van der Waals surface area contributed by atoms with Crippen molar-refractivity contribution in [2.24, 2.45) is 0 Å². The fraction of sp³-hybridized carbons (Fsp3) is 0.0714. The molecule has 1 N–H and O–H groups in total. The summed E-state index contributed by atoms with van der Waals surface area (Å²) >= 11 is 3.98. The van der Waals surface area contributed by atoms with E-state index in [0.717, 1.165) is 16.3 Å². The first kappa shape index (κ1) is 11.9. The van der Waals surface area contributed by atoms with Crippen LogP contribution in [0, 0.1) is 10.5 Å². The Morgan fingerprint density at radius 2 is 1.89 bits per heavy atom. The van der Waals surface area contributed by atoms with E-state index in [4.69, 9.17) is 0 Å². The van der Waals surface area contributed by atoms with Gasteiger partial charge in [0.1, 0.15) is 0 Å². The van der Waals surface area contributed by atoms with Crippen molar-refractivity contribution in [3.63, 3.8) is 0 Å². The van der Waals surface area contributed by atoms with Crippen LogP contribution in [0.5, 0.6) is 0 Å². The topological polar surface area (TPSA) is 24.9 Å². The number of fused-ring (bicyclic) bond motifs is 1. The van der Waals surface area contributed by atoms with Crippen molar-refractivity contribution in [3.8, 4) is 0 Å². The minimum atomic E-state index is 0.941. The largest absolute Gasteiger partial charge is 0.332 e. The number of nitrogens with one attached hydrogen (secondary N) is 1. The third kappa shape index (κ3) is 2.49. The average Bonchev–Trinajstić information content (AvgIpc) is 2.73. The zero-order chi connectivity index (χ0) is 12.5. The third-order valence-corrected chi connectivity index (χ3v) is 4.31. The molecule has 0 aliphatic heterocycles. The predicted molar refractivity (Wildman–Crippen MR) is 86.8 cm³/mol. The minimum Gasteiger partial charge on any atom is -0.332 e. The number of hydrogen-bond donors (Lipinski definition) is 1. The molecule has 0 spiro atoms. The lowest BCUT2D eigenvalue weighted by molar-refractivity contribution is 1.42. The van der Waals surface area contributed by atoms with Gasteiger partial charge in [0.15, 0.2) is 5.13 Å². The first-order chi connectivity index (χ1) is 8.70. The maximum absolute atomic E-state index is 4.60. The van der Waals surface area contributed by atoms with Crippen molar-refractivity contribution < 1.29 is 0 Å². The summed E-state index contributed by atoms with van der Waals surface area (Å²) in [6.07, 6.45) is 0. The van der Waals surface area contributed by atoms with Crippen LogP contribution in [0.15, 0.2) is 42.5 Å². The lowest BCUT2D eigenvalue weighted by Gasteiger charge is -2.01. The Labute approximate surface area is 123 Å². The summed E-state index contributed by atoms with van der Waals surface area (Å²) in [5.41, 5.74) is 3.38. The summed E-state index contributed by atoms with van der Waals surface area (Å²) in [6, 6.07) is 14.7.